The summed E-state index contributed by atoms with van der Waals surface area (Å²) in [6, 6.07) is -12.6. The maximum atomic E-state index is 13.6. The van der Waals surface area contributed by atoms with Crippen molar-refractivity contribution in [2.24, 2.45) is 29.2 Å². The molecule has 10 amide bonds. The zero-order valence-electron chi connectivity index (χ0n) is 40.8. The van der Waals surface area contributed by atoms with E-state index in [1.807, 2.05) is 0 Å². The van der Waals surface area contributed by atoms with Gasteiger partial charge in [0, 0.05) is 18.7 Å². The van der Waals surface area contributed by atoms with Crippen LogP contribution >= 0.6 is 12.6 Å². The number of carbonyl (C=O) groups excluding carboxylic acids is 10. The van der Waals surface area contributed by atoms with Crippen molar-refractivity contribution < 1.29 is 73.2 Å². The highest BCUT2D eigenvalue weighted by Crippen LogP contribution is 2.18. The highest BCUT2D eigenvalue weighted by atomic mass is 32.1. The minimum absolute atomic E-state index is 0.0329. The number of likely N-dealkylation sites (tertiary alicyclic amines) is 1. The summed E-state index contributed by atoms with van der Waals surface area (Å²) in [5.41, 5.74) is 11.0. The number of carbonyl (C=O) groups is 11. The smallest absolute Gasteiger partial charge is 0.326 e. The summed E-state index contributed by atoms with van der Waals surface area (Å²) < 4.78 is 0. The molecule has 0 aromatic heterocycles. The molecule has 0 spiro atoms. The van der Waals surface area contributed by atoms with Crippen LogP contribution in [0, 0.1) is 17.8 Å². The largest absolute Gasteiger partial charge is 0.480 e. The van der Waals surface area contributed by atoms with Gasteiger partial charge in [0.1, 0.15) is 48.3 Å². The van der Waals surface area contributed by atoms with Crippen LogP contribution in [0.1, 0.15) is 93.4 Å². The van der Waals surface area contributed by atoms with Crippen LogP contribution in [0.2, 0.25) is 0 Å². The van der Waals surface area contributed by atoms with Crippen molar-refractivity contribution in [1.29, 1.82) is 0 Å². The van der Waals surface area contributed by atoms with Crippen molar-refractivity contribution in [2.45, 2.75) is 154 Å². The molecule has 1 aliphatic rings. The lowest BCUT2D eigenvalue weighted by Crippen LogP contribution is -2.62. The van der Waals surface area contributed by atoms with E-state index >= 15 is 0 Å². The molecule has 1 fully saturated rings. The van der Waals surface area contributed by atoms with Gasteiger partial charge in [-0.2, -0.15) is 12.6 Å². The molecule has 398 valence electrons. The molecule has 1 aliphatic heterocycles. The number of hydrogen-bond donors (Lipinski definition) is 15. The topological polar surface area (TPSA) is 420 Å². The average molecular weight is 1020 g/mol. The molecule has 1 heterocycles. The second-order valence-electron chi connectivity index (χ2n) is 18.4. The van der Waals surface area contributed by atoms with Gasteiger partial charge in [-0.25, -0.2) is 4.79 Å². The van der Waals surface area contributed by atoms with Crippen molar-refractivity contribution in [3.8, 4) is 0 Å². The molecule has 1 saturated heterocycles. The fraction of sp³-hybridized carbons (Fsp3) is 0.744. The molecule has 0 saturated carbocycles. The third-order valence-corrected chi connectivity index (χ3v) is 11.2. The Bertz CT molecular complexity index is 1840. The molecular weight excluding hydrogens is 943 g/mol. The molecule has 0 aliphatic carbocycles. The molecule has 16 N–H and O–H groups in total. The lowest BCUT2D eigenvalue weighted by atomic mass is 10.0. The normalized spacial score (nSPS) is 17.4. The summed E-state index contributed by atoms with van der Waals surface area (Å²) in [6.07, 6.45) is -1.04. The molecule has 10 atom stereocenters. The van der Waals surface area contributed by atoms with Gasteiger partial charge in [0.25, 0.3) is 0 Å². The van der Waals surface area contributed by atoms with Crippen LogP contribution in [-0.4, -0.2) is 183 Å². The number of hydrogen-bond acceptors (Lipinski definition) is 16. The predicted octanol–water partition coefficient (Wildman–Crippen LogP) is -5.40. The van der Waals surface area contributed by atoms with Crippen LogP contribution in [0.5, 0.6) is 0 Å². The van der Waals surface area contributed by atoms with Gasteiger partial charge in [-0.05, 0) is 63.2 Å². The second kappa shape index (κ2) is 30.9. The van der Waals surface area contributed by atoms with Crippen LogP contribution in [-0.2, 0) is 52.7 Å². The highest BCUT2D eigenvalue weighted by molar-refractivity contribution is 7.80. The van der Waals surface area contributed by atoms with Crippen molar-refractivity contribution in [2.75, 3.05) is 32.1 Å². The molecule has 0 aromatic carbocycles. The van der Waals surface area contributed by atoms with E-state index in [-0.39, 0.29) is 68.6 Å². The Balaban J connectivity index is 3.05. The van der Waals surface area contributed by atoms with Gasteiger partial charge in [0.2, 0.25) is 59.1 Å². The number of rotatable bonds is 31. The monoisotopic (exact) mass is 1020 g/mol. The summed E-state index contributed by atoms with van der Waals surface area (Å²) in [6.45, 7) is 9.23. The number of aliphatic hydroxyl groups excluding tert-OH is 3. The van der Waals surface area contributed by atoms with Gasteiger partial charge in [-0.1, -0.05) is 41.5 Å². The van der Waals surface area contributed by atoms with Crippen molar-refractivity contribution in [1.82, 2.24) is 47.4 Å². The number of amides is 10. The Morgan fingerprint density at radius 1 is 0.614 bits per heavy atom. The fourth-order valence-electron chi connectivity index (χ4n) is 7.12. The number of aliphatic hydroxyl groups is 3. The quantitative estimate of drug-likeness (QED) is 0.0288. The lowest BCUT2D eigenvalue weighted by Gasteiger charge is -2.29. The number of carboxylic acids is 1. The van der Waals surface area contributed by atoms with E-state index < -0.39 is 145 Å². The number of nitrogens with zero attached hydrogens (tertiary/aromatic N) is 1. The summed E-state index contributed by atoms with van der Waals surface area (Å²) in [5.74, 6) is -10.9. The fourth-order valence-corrected chi connectivity index (χ4v) is 7.38. The van der Waals surface area contributed by atoms with Gasteiger partial charge in [-0.3, -0.25) is 47.9 Å². The van der Waals surface area contributed by atoms with Crippen molar-refractivity contribution in [3.63, 3.8) is 0 Å². The summed E-state index contributed by atoms with van der Waals surface area (Å²) in [7, 11) is 0. The standard InChI is InChI=1S/C43H75N11O15S/c1-20(2)13-25(47-35(60)24(44)10-11-32(45)58)36(61)46-16-33(59)54-12-8-9-31(54)41(66)53-34(23(7)57)42(67)52-30(19-70)40(65)48-26(14-21(3)4)37(62)50-29(18-56)39(64)51-28(17-55)38(63)49-27(43(68)69)15-22(5)6/h20-31,34,55-57,70H,8-19,44H2,1-7H3,(H2,45,58)(H,46,61)(H,47,60)(H,48,65)(H,49,63)(H,50,62)(H,51,64)(H,52,67)(H,53,66)(H,68,69)/t23-,24+,25+,26+,27+,28+,29+,30+,31+,34+/m1/s1. The zero-order valence-corrected chi connectivity index (χ0v) is 41.7. The van der Waals surface area contributed by atoms with Gasteiger partial charge < -0.3 is 79.3 Å². The van der Waals surface area contributed by atoms with Gasteiger partial charge in [0.05, 0.1) is 31.9 Å². The molecule has 1 rings (SSSR count). The lowest BCUT2D eigenvalue weighted by molar-refractivity contribution is -0.143. The molecule has 0 unspecified atom stereocenters. The Kier molecular flexibility index (Phi) is 27.5. The van der Waals surface area contributed by atoms with Crippen LogP contribution in [0.3, 0.4) is 0 Å². The van der Waals surface area contributed by atoms with Gasteiger partial charge in [0.15, 0.2) is 0 Å². The first-order chi connectivity index (χ1) is 32.7. The first-order valence-corrected chi connectivity index (χ1v) is 23.8. The van der Waals surface area contributed by atoms with E-state index in [9.17, 15) is 73.2 Å². The molecule has 0 aromatic rings. The number of aliphatic carboxylic acids is 1. The molecule has 0 bridgehead atoms. The molecular formula is C43H75N11O15S. The van der Waals surface area contributed by atoms with Crippen molar-refractivity contribution >= 4 is 77.7 Å². The van der Waals surface area contributed by atoms with Crippen LogP contribution in [0.4, 0.5) is 0 Å². The Labute approximate surface area is 412 Å². The molecule has 26 nitrogen and oxygen atoms in total. The van der Waals surface area contributed by atoms with Gasteiger partial charge in [-0.15, -0.1) is 0 Å². The maximum Gasteiger partial charge on any atom is 0.326 e. The van der Waals surface area contributed by atoms with E-state index in [1.165, 1.54) is 11.8 Å². The predicted molar refractivity (Wildman–Crippen MR) is 253 cm³/mol. The van der Waals surface area contributed by atoms with E-state index in [0.717, 1.165) is 0 Å². The minimum atomic E-state index is -1.72. The maximum absolute atomic E-state index is 13.6. The Morgan fingerprint density at radius 2 is 1.04 bits per heavy atom. The molecule has 0 radical (unpaired) electrons. The van der Waals surface area contributed by atoms with Crippen LogP contribution in [0.15, 0.2) is 0 Å². The minimum Gasteiger partial charge on any atom is -0.480 e. The van der Waals surface area contributed by atoms with E-state index in [1.54, 1.807) is 41.5 Å². The number of nitrogens with two attached hydrogens (primary N) is 2. The SMILES string of the molecule is CC(C)C[C@H](NC(=O)[C@H](CO)NC(=O)[C@H](CO)NC(=O)[C@H](CC(C)C)NC(=O)[C@H](CS)NC(=O)[C@@H](NC(=O)[C@@H]1CCCN1C(=O)CNC(=O)[C@H](CC(C)C)NC(=O)[C@@H](N)CCC(N)=O)[C@@H](C)O)C(=O)O. The summed E-state index contributed by atoms with van der Waals surface area (Å²) in [4.78, 5) is 143. The first kappa shape index (κ1) is 62.4. The van der Waals surface area contributed by atoms with Crippen LogP contribution < -0.4 is 54.0 Å². The Morgan fingerprint density at radius 3 is 1.50 bits per heavy atom. The van der Waals surface area contributed by atoms with Gasteiger partial charge >= 0.3 is 5.97 Å². The number of thiol groups is 1. The van der Waals surface area contributed by atoms with E-state index in [2.05, 4.69) is 55.2 Å². The average Bonchev–Trinajstić information content (AvgIpc) is 3.78. The highest BCUT2D eigenvalue weighted by Gasteiger charge is 2.39. The first-order valence-electron chi connectivity index (χ1n) is 23.1. The second-order valence-corrected chi connectivity index (χ2v) is 18.8. The van der Waals surface area contributed by atoms with E-state index in [4.69, 9.17) is 11.5 Å². The van der Waals surface area contributed by atoms with Crippen LogP contribution in [0.25, 0.3) is 0 Å². The molecule has 27 heteroatoms. The van der Waals surface area contributed by atoms with Crippen molar-refractivity contribution in [3.05, 3.63) is 0 Å². The summed E-state index contributed by atoms with van der Waals surface area (Å²) in [5, 5.41) is 58.8. The molecule has 70 heavy (non-hydrogen) atoms. The number of nitrogens with one attached hydrogen (secondary N) is 8. The van der Waals surface area contributed by atoms with E-state index in [0.29, 0.717) is 6.42 Å². The third kappa shape index (κ3) is 21.6. The summed E-state index contributed by atoms with van der Waals surface area (Å²) >= 11 is 4.16. The number of carboxylic acid groups (broad SMARTS) is 1. The third-order valence-electron chi connectivity index (χ3n) is 10.8. The zero-order chi connectivity index (χ0) is 53.6. The Hall–Kier alpha value is -5.64. The number of primary amides is 1.